The number of nitrogens with one attached hydrogen (secondary N) is 2. The monoisotopic (exact) mass is 255 g/mol. The SMILES string of the molecule is CNCC(C)C(=O)NCC(C)N1CCC(C)CC1. The Morgan fingerprint density at radius 3 is 2.44 bits per heavy atom. The highest BCUT2D eigenvalue weighted by atomic mass is 16.1. The number of nitrogens with zero attached hydrogens (tertiary/aromatic N) is 1. The van der Waals surface area contributed by atoms with Gasteiger partial charge in [-0.25, -0.2) is 0 Å². The van der Waals surface area contributed by atoms with Crippen LogP contribution in [0.1, 0.15) is 33.6 Å². The molecule has 1 aliphatic rings. The van der Waals surface area contributed by atoms with Gasteiger partial charge >= 0.3 is 0 Å². The Balaban J connectivity index is 2.24. The molecule has 18 heavy (non-hydrogen) atoms. The summed E-state index contributed by atoms with van der Waals surface area (Å²) in [5.41, 5.74) is 0. The van der Waals surface area contributed by atoms with E-state index in [1.165, 1.54) is 25.9 Å². The van der Waals surface area contributed by atoms with Gasteiger partial charge in [-0.1, -0.05) is 13.8 Å². The van der Waals surface area contributed by atoms with Gasteiger partial charge in [0.15, 0.2) is 0 Å². The molecule has 2 atom stereocenters. The van der Waals surface area contributed by atoms with Crippen LogP contribution >= 0.6 is 0 Å². The van der Waals surface area contributed by atoms with E-state index in [0.29, 0.717) is 6.04 Å². The normalized spacial score (nSPS) is 21.6. The first-order valence-corrected chi connectivity index (χ1v) is 7.21. The van der Waals surface area contributed by atoms with Crippen LogP contribution in [0.15, 0.2) is 0 Å². The van der Waals surface area contributed by atoms with E-state index >= 15 is 0 Å². The Morgan fingerprint density at radius 1 is 1.28 bits per heavy atom. The van der Waals surface area contributed by atoms with E-state index < -0.39 is 0 Å². The quantitative estimate of drug-likeness (QED) is 0.746. The molecule has 1 fully saturated rings. The maximum atomic E-state index is 11.8. The minimum Gasteiger partial charge on any atom is -0.354 e. The van der Waals surface area contributed by atoms with Crippen molar-refractivity contribution in [1.29, 1.82) is 0 Å². The molecule has 2 unspecified atom stereocenters. The number of carbonyl (C=O) groups is 1. The van der Waals surface area contributed by atoms with Crippen molar-refractivity contribution in [2.75, 3.05) is 33.2 Å². The summed E-state index contributed by atoms with van der Waals surface area (Å²) >= 11 is 0. The van der Waals surface area contributed by atoms with Crippen LogP contribution in [-0.2, 0) is 4.79 Å². The molecule has 0 aromatic heterocycles. The Hall–Kier alpha value is -0.610. The molecule has 0 aromatic carbocycles. The van der Waals surface area contributed by atoms with Crippen molar-refractivity contribution in [1.82, 2.24) is 15.5 Å². The standard InChI is InChI=1S/C14H29N3O/c1-11-5-7-17(8-6-11)13(3)10-16-14(18)12(2)9-15-4/h11-13,15H,5-10H2,1-4H3,(H,16,18). The zero-order chi connectivity index (χ0) is 13.5. The molecular weight excluding hydrogens is 226 g/mol. The lowest BCUT2D eigenvalue weighted by atomic mass is 9.98. The van der Waals surface area contributed by atoms with Gasteiger partial charge in [-0.2, -0.15) is 0 Å². The van der Waals surface area contributed by atoms with E-state index in [9.17, 15) is 4.79 Å². The zero-order valence-corrected chi connectivity index (χ0v) is 12.3. The number of piperidine rings is 1. The van der Waals surface area contributed by atoms with Crippen molar-refractivity contribution in [2.24, 2.45) is 11.8 Å². The van der Waals surface area contributed by atoms with Crippen LogP contribution in [0, 0.1) is 11.8 Å². The summed E-state index contributed by atoms with van der Waals surface area (Å²) in [5, 5.41) is 6.09. The summed E-state index contributed by atoms with van der Waals surface area (Å²) < 4.78 is 0. The lowest BCUT2D eigenvalue weighted by Gasteiger charge is -2.35. The number of rotatable bonds is 6. The Labute approximate surface area is 111 Å². The van der Waals surface area contributed by atoms with Gasteiger partial charge in [-0.3, -0.25) is 9.69 Å². The average molecular weight is 255 g/mol. The molecule has 0 radical (unpaired) electrons. The lowest BCUT2D eigenvalue weighted by Crippen LogP contribution is -2.46. The van der Waals surface area contributed by atoms with Crippen LogP contribution in [0.3, 0.4) is 0 Å². The molecule has 0 aliphatic carbocycles. The smallest absolute Gasteiger partial charge is 0.224 e. The minimum absolute atomic E-state index is 0.0450. The fourth-order valence-corrected chi connectivity index (χ4v) is 2.42. The molecule has 0 aromatic rings. The highest BCUT2D eigenvalue weighted by molar-refractivity contribution is 5.78. The molecular formula is C14H29N3O. The summed E-state index contributed by atoms with van der Waals surface area (Å²) in [4.78, 5) is 14.3. The Morgan fingerprint density at radius 2 is 1.89 bits per heavy atom. The molecule has 1 saturated heterocycles. The first kappa shape index (κ1) is 15.4. The lowest BCUT2D eigenvalue weighted by molar-refractivity contribution is -0.124. The van der Waals surface area contributed by atoms with Crippen LogP contribution in [-0.4, -0.2) is 50.1 Å². The second-order valence-corrected chi connectivity index (χ2v) is 5.77. The van der Waals surface area contributed by atoms with Gasteiger partial charge < -0.3 is 10.6 Å². The van der Waals surface area contributed by atoms with E-state index in [0.717, 1.165) is 19.0 Å². The van der Waals surface area contributed by atoms with Gasteiger partial charge in [-0.15, -0.1) is 0 Å². The fraction of sp³-hybridized carbons (Fsp3) is 0.929. The molecule has 4 nitrogen and oxygen atoms in total. The number of likely N-dealkylation sites (tertiary alicyclic amines) is 1. The summed E-state index contributed by atoms with van der Waals surface area (Å²) in [5.74, 6) is 1.06. The minimum atomic E-state index is 0.0450. The third-order valence-electron chi connectivity index (χ3n) is 3.97. The van der Waals surface area contributed by atoms with Gasteiger partial charge in [0.25, 0.3) is 0 Å². The van der Waals surface area contributed by atoms with Gasteiger partial charge in [0.05, 0.1) is 0 Å². The molecule has 0 bridgehead atoms. The summed E-state index contributed by atoms with van der Waals surface area (Å²) in [6.45, 7) is 10.3. The van der Waals surface area contributed by atoms with Crippen LogP contribution < -0.4 is 10.6 Å². The third kappa shape index (κ3) is 4.94. The van der Waals surface area contributed by atoms with E-state index in [1.807, 2.05) is 14.0 Å². The highest BCUT2D eigenvalue weighted by Gasteiger charge is 2.21. The molecule has 1 amide bonds. The predicted molar refractivity (Wildman–Crippen MR) is 75.5 cm³/mol. The topological polar surface area (TPSA) is 44.4 Å². The molecule has 2 N–H and O–H groups in total. The van der Waals surface area contributed by atoms with E-state index in [2.05, 4.69) is 29.4 Å². The van der Waals surface area contributed by atoms with Crippen LogP contribution in [0.5, 0.6) is 0 Å². The summed E-state index contributed by atoms with van der Waals surface area (Å²) in [7, 11) is 1.88. The number of amides is 1. The van der Waals surface area contributed by atoms with E-state index in [1.54, 1.807) is 0 Å². The Kier molecular flexibility index (Phi) is 6.65. The van der Waals surface area contributed by atoms with Crippen LogP contribution in [0.2, 0.25) is 0 Å². The first-order valence-electron chi connectivity index (χ1n) is 7.21. The van der Waals surface area contributed by atoms with Crippen molar-refractivity contribution in [2.45, 2.75) is 39.7 Å². The van der Waals surface area contributed by atoms with Crippen molar-refractivity contribution >= 4 is 5.91 Å². The van der Waals surface area contributed by atoms with E-state index in [-0.39, 0.29) is 11.8 Å². The number of hydrogen-bond acceptors (Lipinski definition) is 3. The van der Waals surface area contributed by atoms with Crippen molar-refractivity contribution in [3.05, 3.63) is 0 Å². The number of carbonyl (C=O) groups excluding carboxylic acids is 1. The van der Waals surface area contributed by atoms with Crippen LogP contribution in [0.4, 0.5) is 0 Å². The first-order chi connectivity index (χ1) is 8.54. The van der Waals surface area contributed by atoms with Crippen molar-refractivity contribution < 1.29 is 4.79 Å². The third-order valence-corrected chi connectivity index (χ3v) is 3.97. The molecule has 0 spiro atoms. The zero-order valence-electron chi connectivity index (χ0n) is 12.3. The van der Waals surface area contributed by atoms with Gasteiger partial charge in [-0.05, 0) is 45.8 Å². The van der Waals surface area contributed by atoms with Gasteiger partial charge in [0.2, 0.25) is 5.91 Å². The molecule has 1 heterocycles. The van der Waals surface area contributed by atoms with Gasteiger partial charge in [0.1, 0.15) is 0 Å². The summed E-state index contributed by atoms with van der Waals surface area (Å²) in [6.07, 6.45) is 2.57. The molecule has 4 heteroatoms. The largest absolute Gasteiger partial charge is 0.354 e. The highest BCUT2D eigenvalue weighted by Crippen LogP contribution is 2.17. The predicted octanol–water partition coefficient (Wildman–Crippen LogP) is 1.08. The second-order valence-electron chi connectivity index (χ2n) is 5.77. The van der Waals surface area contributed by atoms with Gasteiger partial charge in [0, 0.05) is 25.0 Å². The molecule has 1 rings (SSSR count). The van der Waals surface area contributed by atoms with E-state index in [4.69, 9.17) is 0 Å². The van der Waals surface area contributed by atoms with Crippen molar-refractivity contribution in [3.8, 4) is 0 Å². The van der Waals surface area contributed by atoms with Crippen LogP contribution in [0.25, 0.3) is 0 Å². The maximum absolute atomic E-state index is 11.8. The number of hydrogen-bond donors (Lipinski definition) is 2. The fourth-order valence-electron chi connectivity index (χ4n) is 2.42. The molecule has 0 saturated carbocycles. The summed E-state index contributed by atoms with van der Waals surface area (Å²) in [6, 6.07) is 0.447. The Bertz CT molecular complexity index is 249. The molecule has 1 aliphatic heterocycles. The second kappa shape index (κ2) is 7.74. The molecule has 106 valence electrons. The van der Waals surface area contributed by atoms with Crippen molar-refractivity contribution in [3.63, 3.8) is 0 Å². The maximum Gasteiger partial charge on any atom is 0.224 e. The average Bonchev–Trinajstić information content (AvgIpc) is 2.36.